The Morgan fingerprint density at radius 1 is 1.25 bits per heavy atom. The van der Waals surface area contributed by atoms with Gasteiger partial charge in [0, 0.05) is 25.7 Å². The zero-order valence-electron chi connectivity index (χ0n) is 12.2. The summed E-state index contributed by atoms with van der Waals surface area (Å²) in [7, 11) is 1.65. The highest BCUT2D eigenvalue weighted by atomic mass is 16.4. The van der Waals surface area contributed by atoms with Crippen molar-refractivity contribution in [2.24, 2.45) is 0 Å². The van der Waals surface area contributed by atoms with Gasteiger partial charge in [-0.25, -0.2) is 4.79 Å². The van der Waals surface area contributed by atoms with E-state index >= 15 is 0 Å². The Kier molecular flexibility index (Phi) is 6.03. The van der Waals surface area contributed by atoms with Crippen LogP contribution >= 0.6 is 0 Å². The van der Waals surface area contributed by atoms with Gasteiger partial charge >= 0.3 is 12.0 Å². The molecular formula is C15H22N2O3. The molecule has 0 heterocycles. The topological polar surface area (TPSA) is 69.6 Å². The van der Waals surface area contributed by atoms with Gasteiger partial charge < -0.3 is 15.3 Å². The van der Waals surface area contributed by atoms with Crippen molar-refractivity contribution < 1.29 is 14.7 Å². The van der Waals surface area contributed by atoms with Crippen molar-refractivity contribution in [3.63, 3.8) is 0 Å². The lowest BCUT2D eigenvalue weighted by Crippen LogP contribution is -2.32. The van der Waals surface area contributed by atoms with E-state index in [0.29, 0.717) is 18.9 Å². The number of rotatable bonds is 6. The summed E-state index contributed by atoms with van der Waals surface area (Å²) in [4.78, 5) is 23.8. The summed E-state index contributed by atoms with van der Waals surface area (Å²) in [5, 5.41) is 11.3. The number of amides is 2. The lowest BCUT2D eigenvalue weighted by molar-refractivity contribution is -0.137. The molecule has 1 aromatic carbocycles. The van der Waals surface area contributed by atoms with Gasteiger partial charge in [-0.2, -0.15) is 0 Å². The van der Waals surface area contributed by atoms with Crippen LogP contribution in [0.15, 0.2) is 24.3 Å². The quantitative estimate of drug-likeness (QED) is 0.839. The number of hydrogen-bond donors (Lipinski definition) is 2. The maximum Gasteiger partial charge on any atom is 0.321 e. The summed E-state index contributed by atoms with van der Waals surface area (Å²) in [5.41, 5.74) is 1.96. The molecule has 0 unspecified atom stereocenters. The number of anilines is 1. The van der Waals surface area contributed by atoms with Crippen molar-refractivity contribution in [2.75, 3.05) is 18.9 Å². The van der Waals surface area contributed by atoms with Gasteiger partial charge in [-0.1, -0.05) is 26.0 Å². The second-order valence-corrected chi connectivity index (χ2v) is 5.13. The fraction of sp³-hybridized carbons (Fsp3) is 0.467. The average molecular weight is 278 g/mol. The smallest absolute Gasteiger partial charge is 0.321 e. The first-order valence-electron chi connectivity index (χ1n) is 6.74. The second-order valence-electron chi connectivity index (χ2n) is 5.13. The van der Waals surface area contributed by atoms with Gasteiger partial charge in [0.05, 0.1) is 0 Å². The average Bonchev–Trinajstić information content (AvgIpc) is 2.38. The van der Waals surface area contributed by atoms with E-state index in [9.17, 15) is 9.59 Å². The third-order valence-electron chi connectivity index (χ3n) is 3.06. The number of hydrogen-bond acceptors (Lipinski definition) is 2. The van der Waals surface area contributed by atoms with Gasteiger partial charge in [-0.15, -0.1) is 0 Å². The SMILES string of the molecule is CC(C)c1ccc(NC(=O)N(C)CCCC(=O)O)cc1. The van der Waals surface area contributed by atoms with E-state index < -0.39 is 5.97 Å². The van der Waals surface area contributed by atoms with Crippen molar-refractivity contribution in [2.45, 2.75) is 32.6 Å². The Hall–Kier alpha value is -2.04. The Labute approximate surface area is 119 Å². The van der Waals surface area contributed by atoms with Gasteiger partial charge in [0.15, 0.2) is 0 Å². The molecule has 5 heteroatoms. The number of aliphatic carboxylic acids is 1. The molecule has 0 aromatic heterocycles. The molecule has 0 saturated heterocycles. The number of carboxylic acids is 1. The fourth-order valence-electron chi connectivity index (χ4n) is 1.74. The number of urea groups is 1. The molecule has 110 valence electrons. The molecule has 2 amide bonds. The Bertz CT molecular complexity index is 455. The summed E-state index contributed by atoms with van der Waals surface area (Å²) in [6, 6.07) is 7.50. The normalized spacial score (nSPS) is 10.4. The minimum Gasteiger partial charge on any atom is -0.481 e. The van der Waals surface area contributed by atoms with Crippen LogP contribution < -0.4 is 5.32 Å². The first kappa shape index (κ1) is 16.0. The van der Waals surface area contributed by atoms with Gasteiger partial charge in [0.25, 0.3) is 0 Å². The van der Waals surface area contributed by atoms with Gasteiger partial charge in [-0.05, 0) is 30.0 Å². The van der Waals surface area contributed by atoms with Crippen molar-refractivity contribution in [3.8, 4) is 0 Å². The molecule has 0 bridgehead atoms. The van der Waals surface area contributed by atoms with E-state index in [-0.39, 0.29) is 12.5 Å². The highest BCUT2D eigenvalue weighted by Crippen LogP contribution is 2.17. The van der Waals surface area contributed by atoms with Crippen LogP contribution in [0.25, 0.3) is 0 Å². The molecule has 0 aliphatic heterocycles. The van der Waals surface area contributed by atoms with Crippen LogP contribution in [0.4, 0.5) is 10.5 Å². The minimum absolute atomic E-state index is 0.0701. The molecule has 0 radical (unpaired) electrons. The Morgan fingerprint density at radius 3 is 2.35 bits per heavy atom. The van der Waals surface area contributed by atoms with Crippen LogP contribution in [0.2, 0.25) is 0 Å². The van der Waals surface area contributed by atoms with Gasteiger partial charge in [0.1, 0.15) is 0 Å². The Morgan fingerprint density at radius 2 is 1.85 bits per heavy atom. The molecule has 0 spiro atoms. The molecule has 0 aliphatic carbocycles. The van der Waals surface area contributed by atoms with Crippen LogP contribution in [0, 0.1) is 0 Å². The van der Waals surface area contributed by atoms with E-state index in [1.807, 2.05) is 24.3 Å². The summed E-state index contributed by atoms with van der Waals surface area (Å²) >= 11 is 0. The van der Waals surface area contributed by atoms with Crippen LogP contribution in [-0.2, 0) is 4.79 Å². The zero-order chi connectivity index (χ0) is 15.1. The van der Waals surface area contributed by atoms with E-state index in [1.165, 1.54) is 10.5 Å². The number of nitrogens with one attached hydrogen (secondary N) is 1. The van der Waals surface area contributed by atoms with Crippen LogP contribution in [-0.4, -0.2) is 35.6 Å². The summed E-state index contributed by atoms with van der Waals surface area (Å²) in [5.74, 6) is -0.387. The van der Waals surface area contributed by atoms with Gasteiger partial charge in [-0.3, -0.25) is 4.79 Å². The Balaban J connectivity index is 2.46. The standard InChI is InChI=1S/C15H22N2O3/c1-11(2)12-6-8-13(9-7-12)16-15(20)17(3)10-4-5-14(18)19/h6-9,11H,4-5,10H2,1-3H3,(H,16,20)(H,18,19). The first-order valence-corrected chi connectivity index (χ1v) is 6.74. The first-order chi connectivity index (χ1) is 9.40. The third-order valence-corrected chi connectivity index (χ3v) is 3.06. The maximum atomic E-state index is 11.9. The van der Waals surface area contributed by atoms with E-state index in [2.05, 4.69) is 19.2 Å². The van der Waals surface area contributed by atoms with Crippen molar-refractivity contribution in [3.05, 3.63) is 29.8 Å². The summed E-state index contributed by atoms with van der Waals surface area (Å²) in [6.07, 6.45) is 0.520. The van der Waals surface area contributed by atoms with E-state index in [0.717, 1.165) is 5.69 Å². The molecular weight excluding hydrogens is 256 g/mol. The fourth-order valence-corrected chi connectivity index (χ4v) is 1.74. The number of carboxylic acid groups (broad SMARTS) is 1. The molecule has 20 heavy (non-hydrogen) atoms. The second kappa shape index (κ2) is 7.53. The van der Waals surface area contributed by atoms with Crippen molar-refractivity contribution >= 4 is 17.7 Å². The van der Waals surface area contributed by atoms with E-state index in [1.54, 1.807) is 7.05 Å². The number of benzene rings is 1. The number of carbonyl (C=O) groups is 2. The van der Waals surface area contributed by atoms with Crippen molar-refractivity contribution in [1.82, 2.24) is 4.90 Å². The predicted octanol–water partition coefficient (Wildman–Crippen LogP) is 3.14. The number of carbonyl (C=O) groups excluding carboxylic acids is 1. The molecule has 0 saturated carbocycles. The highest BCUT2D eigenvalue weighted by Gasteiger charge is 2.09. The monoisotopic (exact) mass is 278 g/mol. The largest absolute Gasteiger partial charge is 0.481 e. The van der Waals surface area contributed by atoms with Crippen LogP contribution in [0.1, 0.15) is 38.2 Å². The molecule has 2 N–H and O–H groups in total. The summed E-state index contributed by atoms with van der Waals surface area (Å²) < 4.78 is 0. The van der Waals surface area contributed by atoms with E-state index in [4.69, 9.17) is 5.11 Å². The minimum atomic E-state index is -0.844. The lowest BCUT2D eigenvalue weighted by atomic mass is 10.0. The zero-order valence-corrected chi connectivity index (χ0v) is 12.2. The van der Waals surface area contributed by atoms with Crippen LogP contribution in [0.5, 0.6) is 0 Å². The number of nitrogens with zero attached hydrogens (tertiary/aromatic N) is 1. The van der Waals surface area contributed by atoms with Crippen molar-refractivity contribution in [1.29, 1.82) is 0 Å². The molecule has 0 atom stereocenters. The van der Waals surface area contributed by atoms with Crippen LogP contribution in [0.3, 0.4) is 0 Å². The summed E-state index contributed by atoms with van der Waals surface area (Å²) in [6.45, 7) is 4.65. The molecule has 1 rings (SSSR count). The molecule has 5 nitrogen and oxygen atoms in total. The molecule has 0 aliphatic rings. The third kappa shape index (κ3) is 5.30. The molecule has 0 fully saturated rings. The lowest BCUT2D eigenvalue weighted by Gasteiger charge is -2.17. The maximum absolute atomic E-state index is 11.9. The molecule has 1 aromatic rings. The predicted molar refractivity (Wildman–Crippen MR) is 79.0 cm³/mol. The van der Waals surface area contributed by atoms with Gasteiger partial charge in [0.2, 0.25) is 0 Å². The highest BCUT2D eigenvalue weighted by molar-refractivity contribution is 5.89.